The number of piperazine rings is 1. The van der Waals surface area contributed by atoms with Crippen LogP contribution in [0.2, 0.25) is 5.02 Å². The molecule has 3 heterocycles. The first kappa shape index (κ1) is 20.8. The molecule has 2 aromatic carbocycles. The van der Waals surface area contributed by atoms with Gasteiger partial charge in [-0.15, -0.1) is 5.10 Å². The Morgan fingerprint density at radius 1 is 1.03 bits per heavy atom. The molecule has 0 unspecified atom stereocenters. The van der Waals surface area contributed by atoms with Crippen LogP contribution in [0.5, 0.6) is 0 Å². The topological polar surface area (TPSA) is 37.2 Å². The molecule has 1 aliphatic heterocycles. The first-order valence-corrected chi connectivity index (χ1v) is 12.2. The minimum absolute atomic E-state index is 0.0277. The number of benzene rings is 2. The van der Waals surface area contributed by atoms with Gasteiger partial charge in [0.25, 0.3) is 0 Å². The van der Waals surface area contributed by atoms with E-state index in [0.29, 0.717) is 10.5 Å². The van der Waals surface area contributed by atoms with Crippen LogP contribution < -0.4 is 9.80 Å². The number of aryl methyl sites for hydroxylation is 1. The lowest BCUT2D eigenvalue weighted by atomic mass is 10.1. The van der Waals surface area contributed by atoms with Crippen LogP contribution in [0.15, 0.2) is 65.8 Å². The van der Waals surface area contributed by atoms with E-state index in [9.17, 15) is 4.39 Å². The Bertz CT molecular complexity index is 1320. The highest BCUT2D eigenvalue weighted by Gasteiger charge is 2.52. The molecule has 168 valence electrons. The minimum Gasteiger partial charge on any atom is -0.367 e. The fourth-order valence-corrected chi connectivity index (χ4v) is 5.84. The number of pyridine rings is 1. The number of hydrogen-bond donors (Lipinski definition) is 0. The summed E-state index contributed by atoms with van der Waals surface area (Å²) in [6.45, 7) is 4.70. The zero-order valence-corrected chi connectivity index (χ0v) is 19.8. The van der Waals surface area contributed by atoms with Crippen LogP contribution in [0.4, 0.5) is 15.9 Å². The molecule has 1 spiro atoms. The van der Waals surface area contributed by atoms with E-state index in [2.05, 4.69) is 58.1 Å². The molecular weight excluding hydrogens is 457 g/mol. The predicted octanol–water partition coefficient (Wildman–Crippen LogP) is 5.95. The molecule has 2 fully saturated rings. The van der Waals surface area contributed by atoms with Gasteiger partial charge in [0.1, 0.15) is 5.82 Å². The zero-order valence-electron chi connectivity index (χ0n) is 18.2. The predicted molar refractivity (Wildman–Crippen MR) is 133 cm³/mol. The Kier molecular flexibility index (Phi) is 4.99. The highest BCUT2D eigenvalue weighted by atomic mass is 35.5. The van der Waals surface area contributed by atoms with Gasteiger partial charge in [-0.2, -0.15) is 4.09 Å². The van der Waals surface area contributed by atoms with Crippen molar-refractivity contribution in [2.75, 3.05) is 29.4 Å². The van der Waals surface area contributed by atoms with E-state index in [0.717, 1.165) is 48.6 Å². The SMILES string of the molecule is Cc1ccc(Sn2nc(N3CCN(c4ccncc4)CC34CC4)c3c(Cl)cc(F)cc32)cc1. The standard InChI is InChI=1S/C25H23ClFN5S/c1-17-2-4-20(5-3-17)33-32-22-15-18(27)14-21(26)23(22)24(29-32)31-13-12-30(16-25(31)8-9-25)19-6-10-28-11-7-19/h2-7,10-11,14-15H,8-9,12-13,16H2,1H3. The van der Waals surface area contributed by atoms with Crippen molar-refractivity contribution >= 4 is 46.0 Å². The molecule has 1 saturated carbocycles. The first-order chi connectivity index (χ1) is 16.0. The van der Waals surface area contributed by atoms with E-state index in [1.807, 2.05) is 16.5 Å². The Hall–Kier alpha value is -2.77. The van der Waals surface area contributed by atoms with Crippen molar-refractivity contribution in [3.8, 4) is 0 Å². The number of hydrogen-bond acceptors (Lipinski definition) is 5. The van der Waals surface area contributed by atoms with Gasteiger partial charge in [0.2, 0.25) is 0 Å². The first-order valence-electron chi connectivity index (χ1n) is 11.1. The summed E-state index contributed by atoms with van der Waals surface area (Å²) >= 11 is 8.10. The van der Waals surface area contributed by atoms with Crippen LogP contribution in [-0.4, -0.2) is 39.3 Å². The molecule has 1 saturated heterocycles. The summed E-state index contributed by atoms with van der Waals surface area (Å²) in [5.74, 6) is 0.495. The van der Waals surface area contributed by atoms with Crippen molar-refractivity contribution in [1.29, 1.82) is 0 Å². The van der Waals surface area contributed by atoms with Gasteiger partial charge in [-0.25, -0.2) is 4.39 Å². The lowest BCUT2D eigenvalue weighted by molar-refractivity contribution is 0.505. The van der Waals surface area contributed by atoms with Crippen molar-refractivity contribution in [3.63, 3.8) is 0 Å². The molecule has 4 aromatic rings. The van der Waals surface area contributed by atoms with Crippen LogP contribution in [-0.2, 0) is 0 Å². The summed E-state index contributed by atoms with van der Waals surface area (Å²) in [5.41, 5.74) is 3.12. The smallest absolute Gasteiger partial charge is 0.161 e. The molecule has 0 bridgehead atoms. The largest absolute Gasteiger partial charge is 0.367 e. The van der Waals surface area contributed by atoms with Gasteiger partial charge in [0, 0.05) is 60.6 Å². The minimum atomic E-state index is -0.353. The Labute approximate surface area is 201 Å². The van der Waals surface area contributed by atoms with Crippen LogP contribution >= 0.6 is 23.5 Å². The molecule has 33 heavy (non-hydrogen) atoms. The third-order valence-electron chi connectivity index (χ3n) is 6.62. The molecule has 6 rings (SSSR count). The monoisotopic (exact) mass is 479 g/mol. The maximum absolute atomic E-state index is 14.4. The van der Waals surface area contributed by atoms with Crippen LogP contribution in [0, 0.1) is 12.7 Å². The number of fused-ring (bicyclic) bond motifs is 1. The van der Waals surface area contributed by atoms with Crippen molar-refractivity contribution in [3.05, 3.63) is 77.3 Å². The van der Waals surface area contributed by atoms with Crippen molar-refractivity contribution in [2.24, 2.45) is 0 Å². The summed E-state index contributed by atoms with van der Waals surface area (Å²) in [6, 6.07) is 15.3. The summed E-state index contributed by atoms with van der Waals surface area (Å²) in [4.78, 5) is 10.0. The molecule has 1 aliphatic carbocycles. The van der Waals surface area contributed by atoms with Crippen LogP contribution in [0.3, 0.4) is 0 Å². The van der Waals surface area contributed by atoms with Gasteiger partial charge < -0.3 is 9.80 Å². The average molecular weight is 480 g/mol. The zero-order chi connectivity index (χ0) is 22.6. The van der Waals surface area contributed by atoms with Gasteiger partial charge in [0.15, 0.2) is 5.82 Å². The van der Waals surface area contributed by atoms with Gasteiger partial charge in [0.05, 0.1) is 21.5 Å². The van der Waals surface area contributed by atoms with Crippen molar-refractivity contribution in [2.45, 2.75) is 30.2 Å². The Morgan fingerprint density at radius 3 is 2.52 bits per heavy atom. The maximum Gasteiger partial charge on any atom is 0.161 e. The normalized spacial score (nSPS) is 17.2. The number of rotatable bonds is 4. The molecule has 5 nitrogen and oxygen atoms in total. The van der Waals surface area contributed by atoms with Gasteiger partial charge in [-0.1, -0.05) is 29.3 Å². The maximum atomic E-state index is 14.4. The summed E-state index contributed by atoms with van der Waals surface area (Å²) in [5, 5.41) is 6.22. The van der Waals surface area contributed by atoms with Gasteiger partial charge in [-0.3, -0.25) is 4.98 Å². The fourth-order valence-electron chi connectivity index (χ4n) is 4.74. The summed E-state index contributed by atoms with van der Waals surface area (Å²) in [7, 11) is 0. The number of halogens is 2. The van der Waals surface area contributed by atoms with E-state index in [-0.39, 0.29) is 11.4 Å². The van der Waals surface area contributed by atoms with E-state index >= 15 is 0 Å². The fraction of sp³-hybridized carbons (Fsp3) is 0.280. The molecule has 2 aromatic heterocycles. The third-order valence-corrected chi connectivity index (χ3v) is 7.86. The lowest BCUT2D eigenvalue weighted by Crippen LogP contribution is -2.55. The number of anilines is 2. The number of nitrogens with zero attached hydrogens (tertiary/aromatic N) is 5. The van der Waals surface area contributed by atoms with E-state index < -0.39 is 0 Å². The third kappa shape index (κ3) is 3.73. The molecular formula is C25H23ClFN5S. The highest BCUT2D eigenvalue weighted by Crippen LogP contribution is 2.49. The quantitative estimate of drug-likeness (QED) is 0.361. The highest BCUT2D eigenvalue weighted by molar-refractivity contribution is 7.98. The van der Waals surface area contributed by atoms with Crippen molar-refractivity contribution < 1.29 is 4.39 Å². The van der Waals surface area contributed by atoms with E-state index in [1.54, 1.807) is 0 Å². The average Bonchev–Trinajstić information content (AvgIpc) is 3.48. The second-order valence-electron chi connectivity index (χ2n) is 8.89. The van der Waals surface area contributed by atoms with Gasteiger partial charge in [-0.05, 0) is 50.1 Å². The summed E-state index contributed by atoms with van der Waals surface area (Å²) < 4.78 is 16.2. The van der Waals surface area contributed by atoms with E-state index in [4.69, 9.17) is 16.7 Å². The number of aromatic nitrogens is 3. The Balaban J connectivity index is 1.39. The molecule has 8 heteroatoms. The van der Waals surface area contributed by atoms with E-state index in [1.165, 1.54) is 35.3 Å². The molecule has 0 amide bonds. The molecule has 2 aliphatic rings. The lowest BCUT2D eigenvalue weighted by Gasteiger charge is -2.43. The van der Waals surface area contributed by atoms with Crippen molar-refractivity contribution in [1.82, 2.24) is 14.2 Å². The molecule has 0 atom stereocenters. The van der Waals surface area contributed by atoms with Gasteiger partial charge >= 0.3 is 0 Å². The van der Waals surface area contributed by atoms with Crippen LogP contribution in [0.1, 0.15) is 18.4 Å². The van der Waals surface area contributed by atoms with Crippen LogP contribution in [0.25, 0.3) is 10.9 Å². The second kappa shape index (κ2) is 7.92. The molecule has 0 N–H and O–H groups in total. The second-order valence-corrected chi connectivity index (χ2v) is 10.3. The Morgan fingerprint density at radius 2 is 1.79 bits per heavy atom. The molecule has 0 radical (unpaired) electrons. The summed E-state index contributed by atoms with van der Waals surface area (Å²) in [6.07, 6.45) is 5.89.